The molecule has 58 heavy (non-hydrogen) atoms. The van der Waals surface area contributed by atoms with Crippen LogP contribution in [-0.4, -0.2) is 64.7 Å². The number of hydrogen-bond donors (Lipinski definition) is 3. The van der Waals surface area contributed by atoms with Gasteiger partial charge in [0.05, 0.1) is 6.10 Å². The zero-order chi connectivity index (χ0) is 41.7. The summed E-state index contributed by atoms with van der Waals surface area (Å²) in [4.78, 5) is 12.6. The number of hydrogen-bond acceptors (Lipinski definition) is 7. The van der Waals surface area contributed by atoms with Crippen LogP contribution >= 0.6 is 0 Å². The molecule has 0 bridgehead atoms. The minimum absolute atomic E-state index is 0.140. The lowest BCUT2D eigenvalue weighted by Gasteiger charge is -2.58. The quantitative estimate of drug-likeness (QED) is 0.0506. The molecule has 0 aromatic rings. The van der Waals surface area contributed by atoms with E-state index in [1.165, 1.54) is 102 Å². The van der Waals surface area contributed by atoms with E-state index in [9.17, 15) is 20.1 Å². The van der Waals surface area contributed by atoms with Crippen molar-refractivity contribution in [3.8, 4) is 0 Å². The zero-order valence-corrected chi connectivity index (χ0v) is 38.0. The van der Waals surface area contributed by atoms with E-state index in [1.54, 1.807) is 0 Å². The van der Waals surface area contributed by atoms with Gasteiger partial charge in [0.25, 0.3) is 0 Å². The van der Waals surface area contributed by atoms with Crippen LogP contribution in [0.4, 0.5) is 0 Å². The molecule has 5 rings (SSSR count). The summed E-state index contributed by atoms with van der Waals surface area (Å²) in [7, 11) is 0. The lowest BCUT2D eigenvalue weighted by atomic mass is 9.47. The molecule has 3 unspecified atom stereocenters. The van der Waals surface area contributed by atoms with Gasteiger partial charge in [-0.3, -0.25) is 4.79 Å². The number of aliphatic hydroxyl groups excluding tert-OH is 3. The van der Waals surface area contributed by atoms with Crippen LogP contribution in [0.2, 0.25) is 0 Å². The van der Waals surface area contributed by atoms with E-state index in [1.807, 2.05) is 0 Å². The fourth-order valence-corrected chi connectivity index (χ4v) is 12.7. The third-order valence-corrected chi connectivity index (χ3v) is 16.3. The minimum atomic E-state index is -1.44. The van der Waals surface area contributed by atoms with Crippen molar-refractivity contribution >= 4 is 5.97 Å². The van der Waals surface area contributed by atoms with Crippen LogP contribution in [0.3, 0.4) is 0 Å². The average molecular weight is 813 g/mol. The van der Waals surface area contributed by atoms with E-state index >= 15 is 0 Å². The van der Waals surface area contributed by atoms with Gasteiger partial charge in [-0.25, -0.2) is 0 Å². The number of carbonyl (C=O) groups is 1. The number of ether oxygens (including phenoxy) is 3. The van der Waals surface area contributed by atoms with Gasteiger partial charge in [0, 0.05) is 6.42 Å². The van der Waals surface area contributed by atoms with E-state index in [-0.39, 0.29) is 24.1 Å². The summed E-state index contributed by atoms with van der Waals surface area (Å²) in [6.45, 7) is 14.5. The minimum Gasteiger partial charge on any atom is -0.463 e. The second-order valence-electron chi connectivity index (χ2n) is 20.8. The van der Waals surface area contributed by atoms with Crippen LogP contribution in [0.1, 0.15) is 202 Å². The highest BCUT2D eigenvalue weighted by Crippen LogP contribution is 2.67. The molecule has 7 nitrogen and oxygen atoms in total. The topological polar surface area (TPSA) is 105 Å². The molecule has 1 saturated heterocycles. The van der Waals surface area contributed by atoms with Gasteiger partial charge in [-0.15, -0.1) is 0 Å². The first kappa shape index (κ1) is 47.8. The van der Waals surface area contributed by atoms with Gasteiger partial charge < -0.3 is 29.5 Å². The summed E-state index contributed by atoms with van der Waals surface area (Å²) in [6, 6.07) is 0. The van der Waals surface area contributed by atoms with Gasteiger partial charge in [0.2, 0.25) is 0 Å². The Morgan fingerprint density at radius 3 is 2.21 bits per heavy atom. The number of carbonyl (C=O) groups excluding carboxylic acids is 1. The molecular formula is C51H88O7. The summed E-state index contributed by atoms with van der Waals surface area (Å²) in [5, 5.41) is 32.5. The largest absolute Gasteiger partial charge is 0.463 e. The lowest BCUT2D eigenvalue weighted by molar-refractivity contribution is -0.313. The number of rotatable bonds is 24. The van der Waals surface area contributed by atoms with Gasteiger partial charge in [0.15, 0.2) is 6.29 Å². The molecule has 3 saturated carbocycles. The Bertz CT molecular complexity index is 1280. The Morgan fingerprint density at radius 1 is 0.810 bits per heavy atom. The van der Waals surface area contributed by atoms with E-state index in [0.717, 1.165) is 87.4 Å². The lowest BCUT2D eigenvalue weighted by Crippen LogP contribution is -2.60. The molecule has 7 heteroatoms. The summed E-state index contributed by atoms with van der Waals surface area (Å²) >= 11 is 0. The average Bonchev–Trinajstić information content (AvgIpc) is 3.56. The zero-order valence-electron chi connectivity index (χ0n) is 38.0. The maximum atomic E-state index is 12.6. The van der Waals surface area contributed by atoms with Crippen molar-refractivity contribution in [3.63, 3.8) is 0 Å². The first-order valence-electron chi connectivity index (χ1n) is 24.7. The number of allylic oxidation sites excluding steroid dienone is 3. The molecule has 1 aliphatic heterocycles. The number of unbranched alkanes of at least 4 members (excludes halogenated alkanes) is 11. The van der Waals surface area contributed by atoms with E-state index < -0.39 is 30.7 Å². The highest BCUT2D eigenvalue weighted by atomic mass is 16.7. The molecule has 0 radical (unpaired) electrons. The molecule has 4 fully saturated rings. The summed E-state index contributed by atoms with van der Waals surface area (Å²) < 4.78 is 18.0. The molecule has 3 N–H and O–H groups in total. The van der Waals surface area contributed by atoms with E-state index in [0.29, 0.717) is 17.8 Å². The summed E-state index contributed by atoms with van der Waals surface area (Å²) in [5.74, 6) is 4.43. The summed E-state index contributed by atoms with van der Waals surface area (Å²) in [5.41, 5.74) is 2.14. The molecule has 5 aliphatic rings. The van der Waals surface area contributed by atoms with Gasteiger partial charge in [-0.1, -0.05) is 136 Å². The third-order valence-electron chi connectivity index (χ3n) is 16.3. The van der Waals surface area contributed by atoms with Crippen molar-refractivity contribution in [3.05, 3.63) is 23.8 Å². The smallest absolute Gasteiger partial charge is 0.305 e. The van der Waals surface area contributed by atoms with Gasteiger partial charge in [0.1, 0.15) is 31.0 Å². The molecule has 0 aromatic heterocycles. The second kappa shape index (κ2) is 23.3. The molecule has 0 spiro atoms. The Hall–Kier alpha value is -1.25. The van der Waals surface area contributed by atoms with Gasteiger partial charge in [-0.05, 0) is 130 Å². The van der Waals surface area contributed by atoms with Gasteiger partial charge >= 0.3 is 5.97 Å². The molecule has 334 valence electrons. The Kier molecular flexibility index (Phi) is 19.2. The molecule has 0 amide bonds. The monoisotopic (exact) mass is 813 g/mol. The fourth-order valence-electron chi connectivity index (χ4n) is 12.7. The van der Waals surface area contributed by atoms with Crippen LogP contribution in [0, 0.1) is 46.3 Å². The molecule has 4 aliphatic carbocycles. The molecular weight excluding hydrogens is 725 g/mol. The predicted molar refractivity (Wildman–Crippen MR) is 235 cm³/mol. The highest BCUT2D eigenvalue weighted by molar-refractivity contribution is 5.69. The van der Waals surface area contributed by atoms with Crippen molar-refractivity contribution in [1.82, 2.24) is 0 Å². The van der Waals surface area contributed by atoms with Crippen molar-refractivity contribution < 1.29 is 34.3 Å². The Balaban J connectivity index is 1.01. The normalized spacial score (nSPS) is 36.7. The SMILES string of the molecule is CCCCCCCC/C=C\CCCCCCCC(=O)OCC1O[C@@H](O[C@H]2CC[C@@]3(C)C(=CC[C@H]4[C@@H]5CC[C@H]([C@H](C)CCCC(C)C)[C@@]5(C)CC[C@@H]43)C2)C(O)C(O)[C@@H]1O. The van der Waals surface area contributed by atoms with Crippen LogP contribution in [0.15, 0.2) is 23.8 Å². The highest BCUT2D eigenvalue weighted by Gasteiger charge is 2.59. The number of aliphatic hydroxyl groups is 3. The van der Waals surface area contributed by atoms with Gasteiger partial charge in [-0.2, -0.15) is 0 Å². The van der Waals surface area contributed by atoms with E-state index in [2.05, 4.69) is 59.8 Å². The van der Waals surface area contributed by atoms with Crippen molar-refractivity contribution in [2.75, 3.05) is 6.61 Å². The Labute approximate surface area is 354 Å². The maximum absolute atomic E-state index is 12.6. The van der Waals surface area contributed by atoms with Crippen LogP contribution in [0.5, 0.6) is 0 Å². The number of fused-ring (bicyclic) bond motifs is 5. The third kappa shape index (κ3) is 12.4. The van der Waals surface area contributed by atoms with Crippen molar-refractivity contribution in [1.29, 1.82) is 0 Å². The first-order valence-corrected chi connectivity index (χ1v) is 24.7. The first-order chi connectivity index (χ1) is 27.9. The summed E-state index contributed by atoms with van der Waals surface area (Å²) in [6.07, 6.45) is 30.2. The predicted octanol–water partition coefficient (Wildman–Crippen LogP) is 11.8. The Morgan fingerprint density at radius 2 is 1.50 bits per heavy atom. The molecule has 1 heterocycles. The van der Waals surface area contributed by atoms with Crippen LogP contribution in [-0.2, 0) is 19.0 Å². The molecule has 13 atom stereocenters. The van der Waals surface area contributed by atoms with Crippen LogP contribution < -0.4 is 0 Å². The second-order valence-corrected chi connectivity index (χ2v) is 20.8. The maximum Gasteiger partial charge on any atom is 0.305 e. The molecule has 0 aromatic carbocycles. The standard InChI is InChI=1S/C51H88O7/c1-7-8-9-10-11-12-13-14-15-16-17-18-19-20-21-25-45(52)56-35-44-46(53)47(54)48(55)49(58-44)57-39-30-32-50(5)38(34-39)26-27-40-42-29-28-41(37(4)24-22-23-36(2)3)51(42,6)33-31-43(40)50/h14-15,26,36-37,39-44,46-49,53-55H,7-13,16-25,27-35H2,1-6H3/b15-14-/t37-,39+,40+,41-,42+,43+,44?,46-,47?,48?,49-,50+,51-/m1/s1. The van der Waals surface area contributed by atoms with Crippen molar-refractivity contribution in [2.45, 2.75) is 239 Å². The fraction of sp³-hybridized carbons (Fsp3) is 0.902. The number of esters is 1. The van der Waals surface area contributed by atoms with Crippen LogP contribution in [0.25, 0.3) is 0 Å². The van der Waals surface area contributed by atoms with E-state index in [4.69, 9.17) is 14.2 Å². The van der Waals surface area contributed by atoms with Crippen molar-refractivity contribution in [2.24, 2.45) is 46.3 Å².